The molecule has 0 aliphatic carbocycles. The summed E-state index contributed by atoms with van der Waals surface area (Å²) >= 11 is 0. The van der Waals surface area contributed by atoms with Gasteiger partial charge in [-0.3, -0.25) is 4.98 Å². The zero-order chi connectivity index (χ0) is 11.2. The van der Waals surface area contributed by atoms with Gasteiger partial charge in [0.05, 0.1) is 12.5 Å². The molecule has 0 saturated heterocycles. The van der Waals surface area contributed by atoms with E-state index in [9.17, 15) is 0 Å². The second-order valence-electron chi connectivity index (χ2n) is 3.73. The number of likely N-dealkylation sites (N-methyl/N-ethyl adjacent to an activating group) is 1. The molecule has 0 aliphatic heterocycles. The van der Waals surface area contributed by atoms with Gasteiger partial charge in [-0.1, -0.05) is 6.92 Å². The maximum Gasteiger partial charge on any atom is 0.0950 e. The van der Waals surface area contributed by atoms with Crippen LogP contribution in [0.2, 0.25) is 0 Å². The van der Waals surface area contributed by atoms with Gasteiger partial charge in [-0.15, -0.1) is 0 Å². The lowest BCUT2D eigenvalue weighted by molar-refractivity contribution is 0.525. The third-order valence-electron chi connectivity index (χ3n) is 2.59. The molecule has 16 heavy (non-hydrogen) atoms. The summed E-state index contributed by atoms with van der Waals surface area (Å²) in [6.07, 6.45) is 8.12. The van der Waals surface area contributed by atoms with E-state index in [0.29, 0.717) is 6.04 Å². The van der Waals surface area contributed by atoms with Crippen LogP contribution in [0.5, 0.6) is 0 Å². The molecule has 2 aromatic rings. The Morgan fingerprint density at radius 2 is 2.12 bits per heavy atom. The van der Waals surface area contributed by atoms with Crippen molar-refractivity contribution in [3.63, 3.8) is 0 Å². The van der Waals surface area contributed by atoms with Crippen molar-refractivity contribution in [1.29, 1.82) is 0 Å². The first-order valence-corrected chi connectivity index (χ1v) is 5.54. The minimum absolute atomic E-state index is 0.311. The number of pyridine rings is 1. The van der Waals surface area contributed by atoms with Gasteiger partial charge in [-0.25, -0.2) is 0 Å². The molecular formula is C13H16N2O. The zero-order valence-electron chi connectivity index (χ0n) is 9.39. The van der Waals surface area contributed by atoms with Crippen LogP contribution in [0.25, 0.3) is 0 Å². The van der Waals surface area contributed by atoms with E-state index in [1.54, 1.807) is 12.5 Å². The van der Waals surface area contributed by atoms with Gasteiger partial charge in [-0.05, 0) is 36.7 Å². The second-order valence-corrected chi connectivity index (χ2v) is 3.73. The van der Waals surface area contributed by atoms with Gasteiger partial charge in [-0.2, -0.15) is 0 Å². The molecular weight excluding hydrogens is 200 g/mol. The smallest absolute Gasteiger partial charge is 0.0950 e. The maximum atomic E-state index is 5.13. The van der Waals surface area contributed by atoms with Gasteiger partial charge in [0.15, 0.2) is 0 Å². The molecule has 0 spiro atoms. The fraction of sp³-hybridized carbons (Fsp3) is 0.308. The largest absolute Gasteiger partial charge is 0.472 e. The number of furan rings is 1. The molecule has 0 saturated carbocycles. The second kappa shape index (κ2) is 5.47. The number of rotatable bonds is 5. The fourth-order valence-electron chi connectivity index (χ4n) is 1.78. The Balaban J connectivity index is 2.09. The zero-order valence-corrected chi connectivity index (χ0v) is 9.39. The predicted molar refractivity (Wildman–Crippen MR) is 63.1 cm³/mol. The molecule has 0 aromatic carbocycles. The van der Waals surface area contributed by atoms with Crippen LogP contribution in [0.1, 0.15) is 24.1 Å². The Bertz CT molecular complexity index is 397. The fourth-order valence-corrected chi connectivity index (χ4v) is 1.78. The lowest BCUT2D eigenvalue weighted by Crippen LogP contribution is -2.22. The first-order chi connectivity index (χ1) is 7.90. The topological polar surface area (TPSA) is 38.1 Å². The van der Waals surface area contributed by atoms with Crippen molar-refractivity contribution >= 4 is 0 Å². The van der Waals surface area contributed by atoms with Crippen LogP contribution in [0.15, 0.2) is 47.5 Å². The number of nitrogens with zero attached hydrogens (tertiary/aromatic N) is 1. The molecule has 0 fully saturated rings. The van der Waals surface area contributed by atoms with Crippen molar-refractivity contribution in [3.8, 4) is 0 Å². The van der Waals surface area contributed by atoms with Crippen molar-refractivity contribution in [1.82, 2.24) is 10.3 Å². The Morgan fingerprint density at radius 3 is 2.75 bits per heavy atom. The summed E-state index contributed by atoms with van der Waals surface area (Å²) in [6, 6.07) is 6.41. The van der Waals surface area contributed by atoms with E-state index >= 15 is 0 Å². The average Bonchev–Trinajstić information content (AvgIpc) is 2.83. The predicted octanol–water partition coefficient (Wildman–Crippen LogP) is 2.57. The number of aromatic nitrogens is 1. The van der Waals surface area contributed by atoms with Gasteiger partial charge in [0.1, 0.15) is 0 Å². The Morgan fingerprint density at radius 1 is 1.31 bits per heavy atom. The molecule has 2 aromatic heterocycles. The number of hydrogen-bond donors (Lipinski definition) is 1. The Kier molecular flexibility index (Phi) is 3.72. The molecule has 0 radical (unpaired) electrons. The van der Waals surface area contributed by atoms with Crippen LogP contribution in [-0.2, 0) is 6.42 Å². The van der Waals surface area contributed by atoms with Crippen molar-refractivity contribution in [2.45, 2.75) is 19.4 Å². The van der Waals surface area contributed by atoms with E-state index in [2.05, 4.69) is 17.2 Å². The minimum atomic E-state index is 0.311. The van der Waals surface area contributed by atoms with Crippen molar-refractivity contribution < 1.29 is 4.42 Å². The molecule has 0 aliphatic rings. The summed E-state index contributed by atoms with van der Waals surface area (Å²) in [6.45, 7) is 3.06. The number of hydrogen-bond acceptors (Lipinski definition) is 3. The summed E-state index contributed by atoms with van der Waals surface area (Å²) in [5.41, 5.74) is 2.47. The maximum absolute atomic E-state index is 5.13. The van der Waals surface area contributed by atoms with Crippen LogP contribution in [0.4, 0.5) is 0 Å². The molecule has 1 atom stereocenters. The molecule has 0 amide bonds. The van der Waals surface area contributed by atoms with Gasteiger partial charge < -0.3 is 9.73 Å². The lowest BCUT2D eigenvalue weighted by atomic mass is 10.0. The minimum Gasteiger partial charge on any atom is -0.472 e. The molecule has 1 N–H and O–H groups in total. The van der Waals surface area contributed by atoms with E-state index in [4.69, 9.17) is 4.42 Å². The van der Waals surface area contributed by atoms with Crippen LogP contribution in [-0.4, -0.2) is 11.5 Å². The molecule has 84 valence electrons. The summed E-state index contributed by atoms with van der Waals surface area (Å²) in [4.78, 5) is 4.02. The highest BCUT2D eigenvalue weighted by Gasteiger charge is 2.11. The van der Waals surface area contributed by atoms with Crippen LogP contribution >= 0.6 is 0 Å². The highest BCUT2D eigenvalue weighted by molar-refractivity contribution is 5.18. The van der Waals surface area contributed by atoms with Crippen LogP contribution in [0, 0.1) is 0 Å². The molecule has 3 heteroatoms. The van der Waals surface area contributed by atoms with Gasteiger partial charge in [0.25, 0.3) is 0 Å². The summed E-state index contributed by atoms with van der Waals surface area (Å²) in [5.74, 6) is 0. The highest BCUT2D eigenvalue weighted by Crippen LogP contribution is 2.18. The Hall–Kier alpha value is -1.61. The van der Waals surface area contributed by atoms with E-state index in [1.807, 2.05) is 30.6 Å². The first kappa shape index (κ1) is 10.9. The van der Waals surface area contributed by atoms with Crippen molar-refractivity contribution in [2.24, 2.45) is 0 Å². The number of nitrogens with one attached hydrogen (secondary N) is 1. The van der Waals surface area contributed by atoms with Gasteiger partial charge in [0, 0.05) is 24.0 Å². The quantitative estimate of drug-likeness (QED) is 0.834. The Labute approximate surface area is 95.5 Å². The standard InChI is InChI=1S/C13H16N2O/c1-2-15-13(12-5-8-16-10-12)9-11-3-6-14-7-4-11/h3-8,10,13,15H,2,9H2,1H3. The van der Waals surface area contributed by atoms with Crippen molar-refractivity contribution in [3.05, 3.63) is 54.2 Å². The summed E-state index contributed by atoms with van der Waals surface area (Å²) < 4.78 is 5.13. The SMILES string of the molecule is CCNC(Cc1ccncc1)c1ccoc1. The first-order valence-electron chi connectivity index (χ1n) is 5.54. The van der Waals surface area contributed by atoms with E-state index in [1.165, 1.54) is 11.1 Å². The molecule has 3 nitrogen and oxygen atoms in total. The average molecular weight is 216 g/mol. The summed E-state index contributed by atoms with van der Waals surface area (Å²) in [7, 11) is 0. The van der Waals surface area contributed by atoms with Gasteiger partial charge in [0.2, 0.25) is 0 Å². The third-order valence-corrected chi connectivity index (χ3v) is 2.59. The third kappa shape index (κ3) is 2.70. The van der Waals surface area contributed by atoms with E-state index in [-0.39, 0.29) is 0 Å². The monoisotopic (exact) mass is 216 g/mol. The normalized spacial score (nSPS) is 12.6. The van der Waals surface area contributed by atoms with Crippen LogP contribution < -0.4 is 5.32 Å². The van der Waals surface area contributed by atoms with Crippen LogP contribution in [0.3, 0.4) is 0 Å². The van der Waals surface area contributed by atoms with Crippen molar-refractivity contribution in [2.75, 3.05) is 6.54 Å². The molecule has 2 heterocycles. The molecule has 0 bridgehead atoms. The lowest BCUT2D eigenvalue weighted by Gasteiger charge is -2.16. The van der Waals surface area contributed by atoms with E-state index < -0.39 is 0 Å². The van der Waals surface area contributed by atoms with Gasteiger partial charge >= 0.3 is 0 Å². The molecule has 2 rings (SSSR count). The highest BCUT2D eigenvalue weighted by atomic mass is 16.3. The molecule has 1 unspecified atom stereocenters. The van der Waals surface area contributed by atoms with E-state index in [0.717, 1.165) is 13.0 Å². The summed E-state index contributed by atoms with van der Waals surface area (Å²) in [5, 5.41) is 3.45.